The van der Waals surface area contributed by atoms with E-state index in [1.807, 2.05) is 0 Å². The standard InChI is InChI=1S/C19H21N3O6S2/c1-5-30(25,26)11-6-7-13(23)12(8-11)20-17(24)16-10(2)15-18(28-4)21-14(9-27-3)22-19(15)29-16/h6-8,23H,5,9H2,1-4H3,(H,20,24). The number of nitrogens with one attached hydrogen (secondary N) is 1. The SMILES string of the molecule is CCS(=O)(=O)c1ccc(O)c(NC(=O)c2sc3nc(COC)nc(OC)c3c2C)c1. The number of fused-ring (bicyclic) bond motifs is 1. The van der Waals surface area contributed by atoms with E-state index in [9.17, 15) is 18.3 Å². The second-order valence-corrected chi connectivity index (χ2v) is 9.63. The highest BCUT2D eigenvalue weighted by Crippen LogP contribution is 2.36. The van der Waals surface area contributed by atoms with Crippen LogP contribution in [-0.2, 0) is 21.2 Å². The number of hydrogen-bond acceptors (Lipinski definition) is 9. The number of aryl methyl sites for hydroxylation is 1. The van der Waals surface area contributed by atoms with Crippen molar-refractivity contribution >= 4 is 43.0 Å². The lowest BCUT2D eigenvalue weighted by atomic mass is 10.2. The van der Waals surface area contributed by atoms with Gasteiger partial charge in [0.25, 0.3) is 5.91 Å². The first kappa shape index (κ1) is 21.9. The predicted octanol–water partition coefficient (Wildman–Crippen LogP) is 2.91. The Morgan fingerprint density at radius 2 is 2.00 bits per heavy atom. The maximum absolute atomic E-state index is 12.9. The van der Waals surface area contributed by atoms with Crippen LogP contribution in [0, 0.1) is 6.92 Å². The van der Waals surface area contributed by atoms with Crippen molar-refractivity contribution in [3.05, 3.63) is 34.5 Å². The number of carbonyl (C=O) groups excluding carboxylic acids is 1. The number of phenolic OH excluding ortho intramolecular Hbond substituents is 1. The molecule has 0 unspecified atom stereocenters. The van der Waals surface area contributed by atoms with E-state index in [2.05, 4.69) is 15.3 Å². The molecule has 30 heavy (non-hydrogen) atoms. The minimum absolute atomic E-state index is 0.00417. The van der Waals surface area contributed by atoms with Crippen molar-refractivity contribution in [2.24, 2.45) is 0 Å². The first-order valence-electron chi connectivity index (χ1n) is 8.91. The molecule has 2 N–H and O–H groups in total. The van der Waals surface area contributed by atoms with Gasteiger partial charge >= 0.3 is 0 Å². The van der Waals surface area contributed by atoms with E-state index in [1.54, 1.807) is 6.92 Å². The summed E-state index contributed by atoms with van der Waals surface area (Å²) in [5.74, 6) is -0.0870. The molecule has 0 aliphatic rings. The molecule has 0 fully saturated rings. The number of methoxy groups -OCH3 is 2. The number of sulfone groups is 1. The zero-order valence-corrected chi connectivity index (χ0v) is 18.5. The van der Waals surface area contributed by atoms with E-state index in [4.69, 9.17) is 9.47 Å². The molecule has 2 heterocycles. The average Bonchev–Trinajstić information content (AvgIpc) is 3.05. The smallest absolute Gasteiger partial charge is 0.266 e. The van der Waals surface area contributed by atoms with Crippen LogP contribution in [0.25, 0.3) is 10.2 Å². The fraction of sp³-hybridized carbons (Fsp3) is 0.316. The van der Waals surface area contributed by atoms with Crippen molar-refractivity contribution in [1.82, 2.24) is 9.97 Å². The Hall–Kier alpha value is -2.76. The number of phenols is 1. The van der Waals surface area contributed by atoms with Gasteiger partial charge in [-0.05, 0) is 30.7 Å². The summed E-state index contributed by atoms with van der Waals surface area (Å²) in [7, 11) is -0.487. The number of amides is 1. The molecule has 1 aromatic carbocycles. The number of aromatic nitrogens is 2. The van der Waals surface area contributed by atoms with Gasteiger partial charge in [0.05, 0.1) is 33.7 Å². The van der Waals surface area contributed by atoms with Crippen LogP contribution < -0.4 is 10.1 Å². The molecule has 3 rings (SSSR count). The van der Waals surface area contributed by atoms with Gasteiger partial charge in [0.2, 0.25) is 5.88 Å². The summed E-state index contributed by atoms with van der Waals surface area (Å²) in [4.78, 5) is 22.6. The van der Waals surface area contributed by atoms with Crippen molar-refractivity contribution in [1.29, 1.82) is 0 Å². The summed E-state index contributed by atoms with van der Waals surface area (Å²) in [5.41, 5.74) is 0.620. The maximum atomic E-state index is 12.9. The van der Waals surface area contributed by atoms with Crippen LogP contribution in [0.2, 0.25) is 0 Å². The van der Waals surface area contributed by atoms with Gasteiger partial charge in [0.1, 0.15) is 17.2 Å². The lowest BCUT2D eigenvalue weighted by molar-refractivity contribution is 0.102. The van der Waals surface area contributed by atoms with Gasteiger partial charge in [-0.25, -0.2) is 13.4 Å². The number of rotatable bonds is 7. The highest BCUT2D eigenvalue weighted by molar-refractivity contribution is 7.91. The van der Waals surface area contributed by atoms with E-state index < -0.39 is 15.7 Å². The van der Waals surface area contributed by atoms with Crippen LogP contribution in [0.5, 0.6) is 11.6 Å². The van der Waals surface area contributed by atoms with Gasteiger partial charge in [0, 0.05) is 7.11 Å². The topological polar surface area (TPSA) is 128 Å². The molecule has 160 valence electrons. The number of anilines is 1. The Labute approximate surface area is 177 Å². The molecule has 0 spiro atoms. The van der Waals surface area contributed by atoms with Crippen LogP contribution in [0.4, 0.5) is 5.69 Å². The zero-order chi connectivity index (χ0) is 22.1. The highest BCUT2D eigenvalue weighted by atomic mass is 32.2. The van der Waals surface area contributed by atoms with Gasteiger partial charge in [-0.3, -0.25) is 4.79 Å². The van der Waals surface area contributed by atoms with Gasteiger partial charge < -0.3 is 19.9 Å². The number of carbonyl (C=O) groups is 1. The van der Waals surface area contributed by atoms with E-state index in [1.165, 1.54) is 39.3 Å². The number of benzene rings is 1. The highest BCUT2D eigenvalue weighted by Gasteiger charge is 2.22. The fourth-order valence-electron chi connectivity index (χ4n) is 2.86. The number of hydrogen-bond donors (Lipinski definition) is 2. The van der Waals surface area contributed by atoms with Crippen molar-refractivity contribution in [2.45, 2.75) is 25.3 Å². The fourth-order valence-corrected chi connectivity index (χ4v) is 4.85. The molecule has 0 saturated carbocycles. The second kappa shape index (κ2) is 8.54. The molecule has 1 amide bonds. The summed E-state index contributed by atoms with van der Waals surface area (Å²) in [6, 6.07) is 3.78. The van der Waals surface area contributed by atoms with Crippen molar-refractivity contribution in [2.75, 3.05) is 25.3 Å². The Balaban J connectivity index is 2.02. The van der Waals surface area contributed by atoms with Crippen LogP contribution >= 0.6 is 11.3 Å². The Morgan fingerprint density at radius 1 is 1.27 bits per heavy atom. The normalized spacial score (nSPS) is 11.6. The number of nitrogens with zero attached hydrogens (tertiary/aromatic N) is 2. The summed E-state index contributed by atoms with van der Waals surface area (Å²) in [6.07, 6.45) is 0. The molecular formula is C19H21N3O6S2. The quantitative estimate of drug-likeness (QED) is 0.525. The second-order valence-electron chi connectivity index (χ2n) is 6.35. The molecule has 0 saturated heterocycles. The van der Waals surface area contributed by atoms with Crippen LogP contribution in [-0.4, -0.2) is 49.4 Å². The molecule has 0 aliphatic heterocycles. The lowest BCUT2D eigenvalue weighted by Crippen LogP contribution is -2.12. The van der Waals surface area contributed by atoms with E-state index >= 15 is 0 Å². The number of aromatic hydroxyl groups is 1. The van der Waals surface area contributed by atoms with Crippen LogP contribution in [0.3, 0.4) is 0 Å². The zero-order valence-electron chi connectivity index (χ0n) is 16.8. The maximum Gasteiger partial charge on any atom is 0.266 e. The summed E-state index contributed by atoms with van der Waals surface area (Å²) >= 11 is 1.14. The Morgan fingerprint density at radius 3 is 2.63 bits per heavy atom. The van der Waals surface area contributed by atoms with Crippen molar-refractivity contribution in [3.63, 3.8) is 0 Å². The van der Waals surface area contributed by atoms with Crippen LogP contribution in [0.1, 0.15) is 28.0 Å². The number of thiophene rings is 1. The molecule has 0 atom stereocenters. The Kier molecular flexibility index (Phi) is 6.25. The summed E-state index contributed by atoms with van der Waals surface area (Å²) < 4.78 is 34.7. The third-order valence-corrected chi connectivity index (χ3v) is 7.35. The summed E-state index contributed by atoms with van der Waals surface area (Å²) in [6.45, 7) is 3.46. The lowest BCUT2D eigenvalue weighted by Gasteiger charge is -2.09. The third kappa shape index (κ3) is 4.09. The van der Waals surface area contributed by atoms with E-state index in [0.717, 1.165) is 11.3 Å². The van der Waals surface area contributed by atoms with E-state index in [-0.39, 0.29) is 28.7 Å². The average molecular weight is 452 g/mol. The number of ether oxygens (including phenoxy) is 2. The largest absolute Gasteiger partial charge is 0.506 e. The molecular weight excluding hydrogens is 430 g/mol. The predicted molar refractivity (Wildman–Crippen MR) is 113 cm³/mol. The molecule has 0 radical (unpaired) electrons. The van der Waals surface area contributed by atoms with Gasteiger partial charge in [-0.1, -0.05) is 6.92 Å². The molecule has 0 bridgehead atoms. The van der Waals surface area contributed by atoms with Gasteiger partial charge in [-0.15, -0.1) is 11.3 Å². The third-order valence-electron chi connectivity index (χ3n) is 4.43. The molecule has 9 nitrogen and oxygen atoms in total. The van der Waals surface area contributed by atoms with Crippen LogP contribution in [0.15, 0.2) is 23.1 Å². The first-order chi connectivity index (χ1) is 14.2. The molecule has 2 aromatic heterocycles. The van der Waals surface area contributed by atoms with Crippen molar-refractivity contribution < 1.29 is 27.8 Å². The van der Waals surface area contributed by atoms with Crippen molar-refractivity contribution in [3.8, 4) is 11.6 Å². The molecule has 3 aromatic rings. The van der Waals surface area contributed by atoms with Gasteiger partial charge in [0.15, 0.2) is 15.7 Å². The summed E-state index contributed by atoms with van der Waals surface area (Å²) in [5, 5.41) is 13.3. The Bertz CT molecular complexity index is 1220. The molecule has 0 aliphatic carbocycles. The molecule has 11 heteroatoms. The monoisotopic (exact) mass is 451 g/mol. The minimum atomic E-state index is -3.49. The van der Waals surface area contributed by atoms with E-state index in [0.29, 0.717) is 32.4 Å². The first-order valence-corrected chi connectivity index (χ1v) is 11.4. The minimum Gasteiger partial charge on any atom is -0.506 e. The van der Waals surface area contributed by atoms with Gasteiger partial charge in [-0.2, -0.15) is 4.98 Å².